The Labute approximate surface area is 229 Å². The average molecular weight is 533 g/mol. The minimum absolute atomic E-state index is 0.102. The summed E-state index contributed by atoms with van der Waals surface area (Å²) in [6, 6.07) is 14.3. The van der Waals surface area contributed by atoms with Crippen LogP contribution in [0.25, 0.3) is 0 Å². The molecular formula is C30H36N4O5. The van der Waals surface area contributed by atoms with E-state index in [2.05, 4.69) is 10.2 Å². The van der Waals surface area contributed by atoms with Crippen LogP contribution in [0, 0.1) is 5.92 Å². The highest BCUT2D eigenvalue weighted by atomic mass is 16.6. The fraction of sp³-hybridized carbons (Fsp3) is 0.467. The summed E-state index contributed by atoms with van der Waals surface area (Å²) in [4.78, 5) is 58.1. The summed E-state index contributed by atoms with van der Waals surface area (Å²) in [5.74, 6) is -0.249. The third kappa shape index (κ3) is 5.77. The van der Waals surface area contributed by atoms with Crippen molar-refractivity contribution in [2.75, 3.05) is 31.1 Å². The molecule has 2 aromatic carbocycles. The number of para-hydroxylation sites is 1. The van der Waals surface area contributed by atoms with Gasteiger partial charge >= 0.3 is 6.09 Å². The summed E-state index contributed by atoms with van der Waals surface area (Å²) in [6.07, 6.45) is 2.67. The number of likely N-dealkylation sites (tertiary alicyclic amines) is 2. The van der Waals surface area contributed by atoms with Crippen molar-refractivity contribution in [2.24, 2.45) is 5.92 Å². The van der Waals surface area contributed by atoms with Crippen molar-refractivity contribution in [3.8, 4) is 5.75 Å². The molecule has 3 amide bonds. The third-order valence-corrected chi connectivity index (χ3v) is 7.80. The van der Waals surface area contributed by atoms with Gasteiger partial charge in [-0.25, -0.2) is 4.79 Å². The van der Waals surface area contributed by atoms with Crippen LogP contribution in [-0.2, 0) is 9.59 Å². The number of rotatable bonds is 7. The van der Waals surface area contributed by atoms with E-state index in [1.165, 1.54) is 17.7 Å². The lowest BCUT2D eigenvalue weighted by molar-refractivity contribution is -0.138. The quantitative estimate of drug-likeness (QED) is 0.586. The predicted octanol–water partition coefficient (Wildman–Crippen LogP) is 3.48. The first kappa shape index (κ1) is 26.7. The number of nitrogens with one attached hydrogen (secondary N) is 1. The number of hydrogen-bond acceptors (Lipinski definition) is 6. The summed E-state index contributed by atoms with van der Waals surface area (Å²) in [7, 11) is 0. The van der Waals surface area contributed by atoms with Gasteiger partial charge in [-0.15, -0.1) is 0 Å². The summed E-state index contributed by atoms with van der Waals surface area (Å²) < 4.78 is 5.46. The summed E-state index contributed by atoms with van der Waals surface area (Å²) in [5.41, 5.74) is 1.59. The van der Waals surface area contributed by atoms with Crippen molar-refractivity contribution in [1.82, 2.24) is 15.1 Å². The van der Waals surface area contributed by atoms with Gasteiger partial charge in [0.1, 0.15) is 17.8 Å². The molecule has 0 saturated carbocycles. The van der Waals surface area contributed by atoms with E-state index in [0.29, 0.717) is 30.7 Å². The molecule has 0 aromatic heterocycles. The molecule has 3 saturated heterocycles. The molecule has 0 spiro atoms. The molecule has 3 fully saturated rings. The second-order valence-electron chi connectivity index (χ2n) is 11.0. The van der Waals surface area contributed by atoms with E-state index in [4.69, 9.17) is 4.74 Å². The SMILES string of the molecule is CC(C)CC(NC(=O)c1ccc(N2CCCC2)cc1)C(=O)N1CCC2C1C(=O)CN2C(=O)Oc1ccccc1. The predicted molar refractivity (Wildman–Crippen MR) is 147 cm³/mol. The standard InChI is InChI=1S/C30H36N4O5/c1-20(2)18-24(31-28(36)21-10-12-22(13-11-21)32-15-6-7-16-32)29(37)33-17-14-25-27(33)26(35)19-34(25)30(38)39-23-8-4-3-5-9-23/h3-5,8-13,20,24-25,27H,6-7,14-19H2,1-2H3,(H,31,36). The van der Waals surface area contributed by atoms with Crippen LogP contribution in [0.4, 0.5) is 10.5 Å². The van der Waals surface area contributed by atoms with Crippen LogP contribution >= 0.6 is 0 Å². The zero-order valence-electron chi connectivity index (χ0n) is 22.5. The first-order valence-corrected chi connectivity index (χ1v) is 13.8. The molecule has 0 bridgehead atoms. The average Bonchev–Trinajstić information content (AvgIpc) is 3.68. The van der Waals surface area contributed by atoms with Crippen molar-refractivity contribution < 1.29 is 23.9 Å². The minimum atomic E-state index is -0.771. The molecule has 0 aliphatic carbocycles. The van der Waals surface area contributed by atoms with Crippen LogP contribution in [0.1, 0.15) is 49.9 Å². The number of ether oxygens (including phenoxy) is 1. The maximum atomic E-state index is 13.7. The molecule has 3 unspecified atom stereocenters. The molecule has 0 radical (unpaired) electrons. The third-order valence-electron chi connectivity index (χ3n) is 7.80. The number of Topliss-reactive ketones (excluding diaryl/α,β-unsaturated/α-hetero) is 1. The number of amides is 3. The largest absolute Gasteiger partial charge is 0.415 e. The molecule has 3 aliphatic heterocycles. The normalized spacial score (nSPS) is 21.3. The Kier molecular flexibility index (Phi) is 7.86. The zero-order chi connectivity index (χ0) is 27.5. The molecule has 206 valence electrons. The molecule has 3 aliphatic rings. The Morgan fingerprint density at radius 2 is 1.64 bits per heavy atom. The fourth-order valence-corrected chi connectivity index (χ4v) is 5.90. The smallest absolute Gasteiger partial charge is 0.410 e. The Morgan fingerprint density at radius 3 is 2.31 bits per heavy atom. The van der Waals surface area contributed by atoms with E-state index in [0.717, 1.165) is 18.8 Å². The van der Waals surface area contributed by atoms with Crippen LogP contribution < -0.4 is 15.0 Å². The van der Waals surface area contributed by atoms with Gasteiger partial charge in [0.15, 0.2) is 5.78 Å². The number of benzene rings is 2. The van der Waals surface area contributed by atoms with Gasteiger partial charge in [0, 0.05) is 30.9 Å². The van der Waals surface area contributed by atoms with Crippen molar-refractivity contribution >= 4 is 29.4 Å². The van der Waals surface area contributed by atoms with E-state index < -0.39 is 24.2 Å². The van der Waals surface area contributed by atoms with Gasteiger partial charge < -0.3 is 19.9 Å². The van der Waals surface area contributed by atoms with Crippen molar-refractivity contribution in [3.05, 3.63) is 60.2 Å². The maximum absolute atomic E-state index is 13.7. The monoisotopic (exact) mass is 532 g/mol. The highest BCUT2D eigenvalue weighted by Gasteiger charge is 2.52. The number of carbonyl (C=O) groups is 4. The van der Waals surface area contributed by atoms with Crippen LogP contribution in [0.15, 0.2) is 54.6 Å². The summed E-state index contributed by atoms with van der Waals surface area (Å²) >= 11 is 0. The van der Waals surface area contributed by atoms with E-state index in [1.54, 1.807) is 41.3 Å². The zero-order valence-corrected chi connectivity index (χ0v) is 22.5. The Hall–Kier alpha value is -3.88. The van der Waals surface area contributed by atoms with Gasteiger partial charge in [-0.05, 0) is 68.0 Å². The Bertz CT molecular complexity index is 1210. The molecule has 9 nitrogen and oxygen atoms in total. The lowest BCUT2D eigenvalue weighted by Crippen LogP contribution is -2.53. The minimum Gasteiger partial charge on any atom is -0.410 e. The van der Waals surface area contributed by atoms with Crippen LogP contribution in [0.5, 0.6) is 5.75 Å². The number of ketones is 1. The molecule has 39 heavy (non-hydrogen) atoms. The van der Waals surface area contributed by atoms with Crippen LogP contribution in [-0.4, -0.2) is 77.8 Å². The number of anilines is 1. The number of hydrogen-bond donors (Lipinski definition) is 1. The molecule has 9 heteroatoms. The van der Waals surface area contributed by atoms with Crippen molar-refractivity contribution in [1.29, 1.82) is 0 Å². The lowest BCUT2D eigenvalue weighted by Gasteiger charge is -2.29. The second kappa shape index (κ2) is 11.5. The van der Waals surface area contributed by atoms with Gasteiger partial charge in [0.05, 0.1) is 12.6 Å². The van der Waals surface area contributed by atoms with Gasteiger partial charge in [0.2, 0.25) is 5.91 Å². The summed E-state index contributed by atoms with van der Waals surface area (Å²) in [5, 5.41) is 2.93. The Balaban J connectivity index is 1.26. The van der Waals surface area contributed by atoms with Crippen LogP contribution in [0.2, 0.25) is 0 Å². The van der Waals surface area contributed by atoms with E-state index in [1.807, 2.05) is 32.0 Å². The second-order valence-corrected chi connectivity index (χ2v) is 11.0. The highest BCUT2D eigenvalue weighted by Crippen LogP contribution is 2.31. The lowest BCUT2D eigenvalue weighted by atomic mass is 10.0. The fourth-order valence-electron chi connectivity index (χ4n) is 5.90. The number of nitrogens with zero attached hydrogens (tertiary/aromatic N) is 3. The van der Waals surface area contributed by atoms with E-state index in [-0.39, 0.29) is 30.1 Å². The molecule has 3 atom stereocenters. The van der Waals surface area contributed by atoms with Gasteiger partial charge in [-0.2, -0.15) is 0 Å². The van der Waals surface area contributed by atoms with Gasteiger partial charge in [0.25, 0.3) is 5.91 Å². The molecule has 5 rings (SSSR count). The summed E-state index contributed by atoms with van der Waals surface area (Å²) in [6.45, 7) is 6.26. The van der Waals surface area contributed by atoms with E-state index in [9.17, 15) is 19.2 Å². The topological polar surface area (TPSA) is 99.3 Å². The van der Waals surface area contributed by atoms with E-state index >= 15 is 0 Å². The maximum Gasteiger partial charge on any atom is 0.415 e. The molecule has 1 N–H and O–H groups in total. The van der Waals surface area contributed by atoms with Gasteiger partial charge in [-0.3, -0.25) is 19.3 Å². The molecule has 2 aromatic rings. The molecule has 3 heterocycles. The first-order chi connectivity index (χ1) is 18.8. The van der Waals surface area contributed by atoms with Crippen molar-refractivity contribution in [3.63, 3.8) is 0 Å². The first-order valence-electron chi connectivity index (χ1n) is 13.8. The highest BCUT2D eigenvalue weighted by molar-refractivity contribution is 6.00. The number of carbonyl (C=O) groups excluding carboxylic acids is 4. The van der Waals surface area contributed by atoms with Crippen molar-refractivity contribution in [2.45, 2.75) is 57.7 Å². The number of fused-ring (bicyclic) bond motifs is 1. The van der Waals surface area contributed by atoms with Gasteiger partial charge in [-0.1, -0.05) is 32.0 Å². The Morgan fingerprint density at radius 1 is 0.949 bits per heavy atom. The van der Waals surface area contributed by atoms with Crippen LogP contribution in [0.3, 0.4) is 0 Å². The molecular weight excluding hydrogens is 496 g/mol.